The first kappa shape index (κ1) is 14.5. The zero-order chi connectivity index (χ0) is 14.8. The van der Waals surface area contributed by atoms with Crippen molar-refractivity contribution < 1.29 is 9.90 Å². The summed E-state index contributed by atoms with van der Waals surface area (Å²) in [6, 6.07) is 3.18. The van der Waals surface area contributed by atoms with Crippen LogP contribution in [0.1, 0.15) is 41.7 Å². The van der Waals surface area contributed by atoms with Crippen LogP contribution in [-0.4, -0.2) is 21.0 Å². The monoisotopic (exact) mass is 291 g/mol. The summed E-state index contributed by atoms with van der Waals surface area (Å²) in [7, 11) is 0. The molecule has 0 amide bonds. The van der Waals surface area contributed by atoms with E-state index < -0.39 is 5.97 Å². The van der Waals surface area contributed by atoms with Gasteiger partial charge in [0.2, 0.25) is 0 Å². The summed E-state index contributed by atoms with van der Waals surface area (Å²) >= 11 is 1.54. The van der Waals surface area contributed by atoms with E-state index in [2.05, 4.69) is 15.3 Å². The number of hydrogen-bond acceptors (Lipinski definition) is 5. The molecule has 0 saturated carbocycles. The van der Waals surface area contributed by atoms with E-state index in [4.69, 9.17) is 0 Å². The minimum absolute atomic E-state index is 0.202. The molecule has 2 heterocycles. The number of carbonyl (C=O) groups is 1. The highest BCUT2D eigenvalue weighted by Crippen LogP contribution is 2.23. The normalized spacial score (nSPS) is 11.3. The third kappa shape index (κ3) is 3.54. The number of thiazole rings is 1. The molecule has 0 unspecified atom stereocenters. The van der Waals surface area contributed by atoms with Crippen LogP contribution in [0.3, 0.4) is 0 Å². The van der Waals surface area contributed by atoms with E-state index in [-0.39, 0.29) is 11.0 Å². The van der Waals surface area contributed by atoms with Crippen LogP contribution in [0.5, 0.6) is 0 Å². The summed E-state index contributed by atoms with van der Waals surface area (Å²) < 4.78 is 0. The third-order valence-electron chi connectivity index (χ3n) is 2.77. The smallest absolute Gasteiger partial charge is 0.335 e. The molecule has 2 rings (SSSR count). The third-order valence-corrected chi connectivity index (χ3v) is 3.55. The van der Waals surface area contributed by atoms with Gasteiger partial charge in [-0.3, -0.25) is 4.98 Å². The summed E-state index contributed by atoms with van der Waals surface area (Å²) in [4.78, 5) is 20.8. The van der Waals surface area contributed by atoms with E-state index in [1.165, 1.54) is 0 Å². The van der Waals surface area contributed by atoms with Gasteiger partial charge in [0, 0.05) is 22.2 Å². The zero-order valence-corrected chi connectivity index (χ0v) is 12.5. The number of carboxylic acids is 1. The highest BCUT2D eigenvalue weighted by Gasteiger charge is 2.19. The van der Waals surface area contributed by atoms with Crippen molar-refractivity contribution in [3.05, 3.63) is 40.0 Å². The predicted molar refractivity (Wildman–Crippen MR) is 79.3 cm³/mol. The summed E-state index contributed by atoms with van der Waals surface area (Å²) in [5.41, 5.74) is 2.56. The molecule has 2 aromatic rings. The molecule has 6 heteroatoms. The second kappa shape index (κ2) is 5.58. The maximum Gasteiger partial charge on any atom is 0.335 e. The van der Waals surface area contributed by atoms with Crippen LogP contribution in [0.2, 0.25) is 0 Å². The number of rotatable bonds is 4. The van der Waals surface area contributed by atoms with Crippen LogP contribution in [-0.2, 0) is 12.0 Å². The molecule has 0 bridgehead atoms. The quantitative estimate of drug-likeness (QED) is 0.905. The Kier molecular flexibility index (Phi) is 4.04. The van der Waals surface area contributed by atoms with Crippen molar-refractivity contribution in [2.75, 3.05) is 5.32 Å². The standard InChI is InChI=1S/C14H17N3O2S/c1-14(2,3)11-4-9(13(18)19)5-12(17-11)16-7-10-6-15-8-20-10/h4-6,8H,7H2,1-3H3,(H,16,17)(H,18,19). The topological polar surface area (TPSA) is 75.1 Å². The first-order valence-corrected chi connectivity index (χ1v) is 7.11. The number of nitrogens with zero attached hydrogens (tertiary/aromatic N) is 2. The van der Waals surface area contributed by atoms with Crippen molar-refractivity contribution in [3.63, 3.8) is 0 Å². The van der Waals surface area contributed by atoms with Crippen molar-refractivity contribution in [2.24, 2.45) is 0 Å². The summed E-state index contributed by atoms with van der Waals surface area (Å²) in [5, 5.41) is 12.3. The summed E-state index contributed by atoms with van der Waals surface area (Å²) in [6.45, 7) is 6.61. The van der Waals surface area contributed by atoms with Gasteiger partial charge in [0.25, 0.3) is 0 Å². The van der Waals surface area contributed by atoms with Gasteiger partial charge in [0.1, 0.15) is 5.82 Å². The maximum absolute atomic E-state index is 11.2. The minimum Gasteiger partial charge on any atom is -0.478 e. The second-order valence-corrected chi connectivity index (χ2v) is 6.47. The lowest BCUT2D eigenvalue weighted by molar-refractivity contribution is 0.0696. The van der Waals surface area contributed by atoms with Gasteiger partial charge >= 0.3 is 5.97 Å². The van der Waals surface area contributed by atoms with E-state index in [1.54, 1.807) is 35.2 Å². The van der Waals surface area contributed by atoms with Gasteiger partial charge in [-0.1, -0.05) is 20.8 Å². The molecule has 0 atom stereocenters. The lowest BCUT2D eigenvalue weighted by Gasteiger charge is -2.19. The maximum atomic E-state index is 11.2. The van der Waals surface area contributed by atoms with E-state index in [0.717, 1.165) is 10.6 Å². The molecule has 0 radical (unpaired) electrons. The van der Waals surface area contributed by atoms with Gasteiger partial charge < -0.3 is 10.4 Å². The van der Waals surface area contributed by atoms with Gasteiger partial charge in [-0.05, 0) is 12.1 Å². The number of pyridine rings is 1. The van der Waals surface area contributed by atoms with Crippen LogP contribution in [0.15, 0.2) is 23.8 Å². The molecule has 0 aliphatic rings. The molecular weight excluding hydrogens is 274 g/mol. The Morgan fingerprint density at radius 1 is 1.40 bits per heavy atom. The highest BCUT2D eigenvalue weighted by atomic mass is 32.1. The molecule has 0 aliphatic heterocycles. The Labute approximate surface area is 121 Å². The lowest BCUT2D eigenvalue weighted by Crippen LogP contribution is -2.16. The average molecular weight is 291 g/mol. The van der Waals surface area contributed by atoms with E-state index >= 15 is 0 Å². The Morgan fingerprint density at radius 3 is 2.70 bits per heavy atom. The fraction of sp³-hybridized carbons (Fsp3) is 0.357. The molecular formula is C14H17N3O2S. The zero-order valence-electron chi connectivity index (χ0n) is 11.7. The van der Waals surface area contributed by atoms with Gasteiger partial charge in [-0.15, -0.1) is 11.3 Å². The van der Waals surface area contributed by atoms with Crippen LogP contribution >= 0.6 is 11.3 Å². The van der Waals surface area contributed by atoms with E-state index in [1.807, 2.05) is 20.8 Å². The summed E-state index contributed by atoms with van der Waals surface area (Å²) in [5.74, 6) is -0.373. The predicted octanol–water partition coefficient (Wildman–Crippen LogP) is 3.15. The molecule has 106 valence electrons. The minimum atomic E-state index is -0.946. The van der Waals surface area contributed by atoms with Crippen LogP contribution in [0.4, 0.5) is 5.82 Å². The van der Waals surface area contributed by atoms with Crippen LogP contribution in [0, 0.1) is 0 Å². The number of anilines is 1. The number of aromatic nitrogens is 2. The average Bonchev–Trinajstić information content (AvgIpc) is 2.88. The molecule has 2 aromatic heterocycles. The van der Waals surface area contributed by atoms with Crippen molar-refractivity contribution in [1.29, 1.82) is 0 Å². The number of hydrogen-bond donors (Lipinski definition) is 2. The van der Waals surface area contributed by atoms with Gasteiger partial charge in [-0.2, -0.15) is 0 Å². The molecule has 0 spiro atoms. The van der Waals surface area contributed by atoms with Crippen molar-refractivity contribution in [2.45, 2.75) is 32.7 Å². The summed E-state index contributed by atoms with van der Waals surface area (Å²) in [6.07, 6.45) is 1.78. The molecule has 0 aromatic carbocycles. The van der Waals surface area contributed by atoms with E-state index in [9.17, 15) is 9.90 Å². The molecule has 0 fully saturated rings. The van der Waals surface area contributed by atoms with Crippen molar-refractivity contribution in [3.8, 4) is 0 Å². The van der Waals surface area contributed by atoms with Crippen LogP contribution < -0.4 is 5.32 Å². The van der Waals surface area contributed by atoms with Gasteiger partial charge in [0.05, 0.1) is 17.6 Å². The van der Waals surface area contributed by atoms with Gasteiger partial charge in [-0.25, -0.2) is 9.78 Å². The SMILES string of the molecule is CC(C)(C)c1cc(C(=O)O)cc(NCc2cncs2)n1. The lowest BCUT2D eigenvalue weighted by atomic mass is 9.91. The second-order valence-electron chi connectivity index (χ2n) is 5.50. The largest absolute Gasteiger partial charge is 0.478 e. The Bertz CT molecular complexity index is 603. The number of carboxylic acid groups (broad SMARTS) is 1. The van der Waals surface area contributed by atoms with Crippen molar-refractivity contribution >= 4 is 23.1 Å². The number of aromatic carboxylic acids is 1. The molecule has 0 aliphatic carbocycles. The highest BCUT2D eigenvalue weighted by molar-refractivity contribution is 7.09. The Morgan fingerprint density at radius 2 is 2.15 bits per heavy atom. The van der Waals surface area contributed by atoms with E-state index in [0.29, 0.717) is 12.4 Å². The Hall–Kier alpha value is -1.95. The molecule has 2 N–H and O–H groups in total. The van der Waals surface area contributed by atoms with Gasteiger partial charge in [0.15, 0.2) is 0 Å². The Balaban J connectivity index is 2.27. The molecule has 0 saturated heterocycles. The van der Waals surface area contributed by atoms with Crippen molar-refractivity contribution in [1.82, 2.24) is 9.97 Å². The van der Waals surface area contributed by atoms with Crippen LogP contribution in [0.25, 0.3) is 0 Å². The number of nitrogens with one attached hydrogen (secondary N) is 1. The fourth-order valence-electron chi connectivity index (χ4n) is 1.64. The molecule has 5 nitrogen and oxygen atoms in total. The molecule has 20 heavy (non-hydrogen) atoms. The first-order chi connectivity index (χ1) is 9.36. The first-order valence-electron chi connectivity index (χ1n) is 6.23. The fourth-order valence-corrected chi connectivity index (χ4v) is 2.17.